The molecule has 40 heavy (non-hydrogen) atoms. The maximum Gasteiger partial charge on any atom is 0.490 e. The maximum absolute atomic E-state index is 13.4. The van der Waals surface area contributed by atoms with Gasteiger partial charge in [0, 0.05) is 37.6 Å². The minimum absolute atomic E-state index is 0.0969. The van der Waals surface area contributed by atoms with Crippen LogP contribution < -0.4 is 10.5 Å². The van der Waals surface area contributed by atoms with Gasteiger partial charge in [-0.1, -0.05) is 23.7 Å². The van der Waals surface area contributed by atoms with Crippen molar-refractivity contribution in [2.24, 2.45) is 0 Å². The Hall–Kier alpha value is -3.94. The van der Waals surface area contributed by atoms with E-state index in [1.165, 1.54) is 11.3 Å². The van der Waals surface area contributed by atoms with Gasteiger partial charge in [-0.25, -0.2) is 14.8 Å². The zero-order chi connectivity index (χ0) is 29.2. The van der Waals surface area contributed by atoms with Crippen LogP contribution in [-0.4, -0.2) is 64.2 Å². The van der Waals surface area contributed by atoms with Crippen molar-refractivity contribution in [3.63, 3.8) is 0 Å². The Kier molecular flexibility index (Phi) is 8.47. The van der Waals surface area contributed by atoms with E-state index < -0.39 is 12.1 Å². The number of thiophene rings is 1. The molecule has 0 radical (unpaired) electrons. The average molecular weight is 594 g/mol. The molecule has 0 spiro atoms. The van der Waals surface area contributed by atoms with Crippen molar-refractivity contribution < 1.29 is 27.8 Å². The van der Waals surface area contributed by atoms with Gasteiger partial charge in [0.05, 0.1) is 28.8 Å². The van der Waals surface area contributed by atoms with Crippen molar-refractivity contribution in [1.29, 1.82) is 0 Å². The Labute approximate surface area is 234 Å². The molecule has 0 saturated carbocycles. The molecule has 0 saturated heterocycles. The number of carboxylic acid groups (broad SMARTS) is 1. The number of hydrogen-bond acceptors (Lipinski definition) is 7. The van der Waals surface area contributed by atoms with Gasteiger partial charge in [-0.3, -0.25) is 9.36 Å². The number of imidazole rings is 1. The Bertz CT molecular complexity index is 1730. The van der Waals surface area contributed by atoms with Gasteiger partial charge in [-0.05, 0) is 42.0 Å². The highest BCUT2D eigenvalue weighted by Gasteiger charge is 2.38. The standard InChI is InChI=1S/C24H22ClN5O2S.C2HF3O2/c1-28(2)24-27-18-9-8-17(12-20(18)29(24)10-11-32-3)30-14-26-19-13-21(33-22(19)23(30)31)15-4-6-16(25)7-5-15;3-2(4,5)1(6)7/h4-9,12-14H,10-11H2,1-3H3;(H,6,7). The van der Waals surface area contributed by atoms with Crippen LogP contribution in [0.3, 0.4) is 0 Å². The van der Waals surface area contributed by atoms with E-state index in [1.807, 2.05) is 67.5 Å². The first kappa shape index (κ1) is 29.1. The number of nitrogens with zero attached hydrogens (tertiary/aromatic N) is 5. The lowest BCUT2D eigenvalue weighted by molar-refractivity contribution is -0.192. The molecule has 1 N–H and O–H groups in total. The number of rotatable bonds is 6. The number of fused-ring (bicyclic) bond motifs is 2. The highest BCUT2D eigenvalue weighted by Crippen LogP contribution is 2.32. The van der Waals surface area contributed by atoms with Crippen molar-refractivity contribution in [3.8, 4) is 16.1 Å². The van der Waals surface area contributed by atoms with Crippen LogP contribution in [0.2, 0.25) is 5.02 Å². The normalized spacial score (nSPS) is 11.5. The molecule has 3 aromatic heterocycles. The number of anilines is 1. The van der Waals surface area contributed by atoms with Crippen LogP contribution in [0, 0.1) is 0 Å². The highest BCUT2D eigenvalue weighted by molar-refractivity contribution is 7.22. The number of carbonyl (C=O) groups is 1. The van der Waals surface area contributed by atoms with Crippen molar-refractivity contribution in [1.82, 2.24) is 19.1 Å². The average Bonchev–Trinajstić information content (AvgIpc) is 3.50. The third kappa shape index (κ3) is 6.11. The van der Waals surface area contributed by atoms with E-state index >= 15 is 0 Å². The fraction of sp³-hybridized carbons (Fsp3) is 0.231. The van der Waals surface area contributed by atoms with Gasteiger partial charge in [0.1, 0.15) is 11.0 Å². The van der Waals surface area contributed by atoms with Gasteiger partial charge in [0.15, 0.2) is 0 Å². The molecule has 9 nitrogen and oxygen atoms in total. The van der Waals surface area contributed by atoms with Gasteiger partial charge < -0.3 is 19.3 Å². The van der Waals surface area contributed by atoms with Crippen LogP contribution in [0.25, 0.3) is 37.4 Å². The quantitative estimate of drug-likeness (QED) is 0.279. The molecule has 0 bridgehead atoms. The summed E-state index contributed by atoms with van der Waals surface area (Å²) in [5.41, 5.74) is 4.14. The number of benzene rings is 2. The number of methoxy groups -OCH3 is 1. The molecule has 0 aliphatic rings. The van der Waals surface area contributed by atoms with Crippen molar-refractivity contribution in [3.05, 3.63) is 70.2 Å². The summed E-state index contributed by atoms with van der Waals surface area (Å²) in [6.45, 7) is 1.22. The van der Waals surface area contributed by atoms with Crippen LogP contribution in [0.4, 0.5) is 19.1 Å². The SMILES string of the molecule is COCCn1c(N(C)C)nc2ccc(-n3cnc4cc(-c5ccc(Cl)cc5)sc4c3=O)cc21.O=C(O)C(F)(F)F. The van der Waals surface area contributed by atoms with Gasteiger partial charge in [0.25, 0.3) is 5.56 Å². The molecule has 0 unspecified atom stereocenters. The number of hydrogen-bond donors (Lipinski definition) is 1. The largest absolute Gasteiger partial charge is 0.490 e. The minimum atomic E-state index is -5.08. The number of alkyl halides is 3. The summed E-state index contributed by atoms with van der Waals surface area (Å²) in [5.74, 6) is -1.92. The zero-order valence-corrected chi connectivity index (χ0v) is 23.0. The molecule has 2 aromatic carbocycles. The Morgan fingerprint density at radius 3 is 2.40 bits per heavy atom. The van der Waals surface area contributed by atoms with E-state index in [9.17, 15) is 18.0 Å². The molecule has 0 aliphatic carbocycles. The van der Waals surface area contributed by atoms with Crippen molar-refractivity contribution in [2.75, 3.05) is 32.7 Å². The summed E-state index contributed by atoms with van der Waals surface area (Å²) in [5, 5.41) is 7.80. The van der Waals surface area contributed by atoms with E-state index in [4.69, 9.17) is 31.2 Å². The third-order valence-corrected chi connectivity index (χ3v) is 7.13. The van der Waals surface area contributed by atoms with Crippen LogP contribution in [-0.2, 0) is 16.1 Å². The molecule has 0 amide bonds. The highest BCUT2D eigenvalue weighted by atomic mass is 35.5. The first-order valence-electron chi connectivity index (χ1n) is 11.6. The van der Waals surface area contributed by atoms with Gasteiger partial charge in [0.2, 0.25) is 5.95 Å². The smallest absolute Gasteiger partial charge is 0.475 e. The Balaban J connectivity index is 0.000000470. The summed E-state index contributed by atoms with van der Waals surface area (Å²) in [7, 11) is 5.60. The second kappa shape index (κ2) is 11.7. The zero-order valence-electron chi connectivity index (χ0n) is 21.4. The van der Waals surface area contributed by atoms with Crippen LogP contribution >= 0.6 is 22.9 Å². The van der Waals surface area contributed by atoms with Crippen molar-refractivity contribution >= 4 is 56.1 Å². The number of carboxylic acids is 1. The number of aromatic nitrogens is 4. The van der Waals surface area contributed by atoms with Crippen LogP contribution in [0.5, 0.6) is 0 Å². The summed E-state index contributed by atoms with van der Waals surface area (Å²) in [6, 6.07) is 15.3. The molecular weight excluding hydrogens is 571 g/mol. The summed E-state index contributed by atoms with van der Waals surface area (Å²) in [4.78, 5) is 34.5. The monoisotopic (exact) mass is 593 g/mol. The van der Waals surface area contributed by atoms with Crippen molar-refractivity contribution in [2.45, 2.75) is 12.7 Å². The maximum atomic E-state index is 13.4. The molecule has 210 valence electrons. The van der Waals surface area contributed by atoms with Gasteiger partial charge in [-0.2, -0.15) is 13.2 Å². The first-order valence-corrected chi connectivity index (χ1v) is 12.8. The van der Waals surface area contributed by atoms with Crippen LogP contribution in [0.15, 0.2) is 59.7 Å². The number of aliphatic carboxylic acids is 1. The van der Waals surface area contributed by atoms with Gasteiger partial charge >= 0.3 is 12.1 Å². The number of halogens is 4. The lowest BCUT2D eigenvalue weighted by Crippen LogP contribution is -2.21. The molecule has 3 heterocycles. The second-order valence-corrected chi connectivity index (χ2v) is 10.2. The Morgan fingerprint density at radius 1 is 1.12 bits per heavy atom. The van der Waals surface area contributed by atoms with Crippen LogP contribution in [0.1, 0.15) is 0 Å². The summed E-state index contributed by atoms with van der Waals surface area (Å²) >= 11 is 7.45. The number of ether oxygens (including phenoxy) is 1. The molecular formula is C26H23ClF3N5O4S. The molecule has 5 rings (SSSR count). The first-order chi connectivity index (χ1) is 18.9. The topological polar surface area (TPSA) is 102 Å². The second-order valence-electron chi connectivity index (χ2n) is 8.68. The molecule has 14 heteroatoms. The van der Waals surface area contributed by atoms with E-state index in [0.717, 1.165) is 33.1 Å². The predicted molar refractivity (Wildman–Crippen MR) is 149 cm³/mol. The lowest BCUT2D eigenvalue weighted by Gasteiger charge is -2.14. The lowest BCUT2D eigenvalue weighted by atomic mass is 10.2. The third-order valence-electron chi connectivity index (χ3n) is 5.72. The summed E-state index contributed by atoms with van der Waals surface area (Å²) < 4.78 is 41.3. The van der Waals surface area contributed by atoms with E-state index in [2.05, 4.69) is 9.55 Å². The van der Waals surface area contributed by atoms with E-state index in [-0.39, 0.29) is 5.56 Å². The molecule has 0 fully saturated rings. The van der Waals surface area contributed by atoms with E-state index in [1.54, 1.807) is 18.0 Å². The fourth-order valence-electron chi connectivity index (χ4n) is 3.85. The van der Waals surface area contributed by atoms with E-state index in [0.29, 0.717) is 28.4 Å². The molecule has 0 atom stereocenters. The minimum Gasteiger partial charge on any atom is -0.475 e. The fourth-order valence-corrected chi connectivity index (χ4v) is 5.02. The predicted octanol–water partition coefficient (Wildman–Crippen LogP) is 5.46. The molecule has 5 aromatic rings. The summed E-state index contributed by atoms with van der Waals surface area (Å²) in [6.07, 6.45) is -3.49. The van der Waals surface area contributed by atoms with Gasteiger partial charge in [-0.15, -0.1) is 11.3 Å². The molecule has 0 aliphatic heterocycles. The Morgan fingerprint density at radius 2 is 1.80 bits per heavy atom.